The zero-order valence-electron chi connectivity index (χ0n) is 19.4. The van der Waals surface area contributed by atoms with Gasteiger partial charge in [-0.25, -0.2) is 0 Å². The molecule has 176 valence electrons. The molecule has 33 heavy (non-hydrogen) atoms. The van der Waals surface area contributed by atoms with E-state index in [1.54, 1.807) is 0 Å². The van der Waals surface area contributed by atoms with E-state index in [0.717, 1.165) is 12.0 Å². The molecule has 2 aromatic rings. The fraction of sp³-hybridized carbons (Fsp3) is 0.440. The number of amides is 1. The number of ether oxygens (including phenoxy) is 1. The third-order valence-corrected chi connectivity index (χ3v) is 5.88. The van der Waals surface area contributed by atoms with Crippen molar-refractivity contribution in [1.29, 1.82) is 0 Å². The average Bonchev–Trinajstić information content (AvgIpc) is 2.79. The van der Waals surface area contributed by atoms with Crippen molar-refractivity contribution >= 4 is 23.1 Å². The van der Waals surface area contributed by atoms with E-state index in [1.165, 1.54) is 30.9 Å². The molecule has 1 fully saturated rings. The molecule has 0 spiro atoms. The van der Waals surface area contributed by atoms with Crippen molar-refractivity contribution in [1.82, 2.24) is 4.90 Å². The van der Waals surface area contributed by atoms with Gasteiger partial charge in [-0.05, 0) is 49.9 Å². The number of hydrogen-bond donors (Lipinski definition) is 1. The Morgan fingerprint density at radius 1 is 1.15 bits per heavy atom. The summed E-state index contributed by atoms with van der Waals surface area (Å²) in [5, 5.41) is 13.7. The Morgan fingerprint density at radius 3 is 2.39 bits per heavy atom. The highest BCUT2D eigenvalue weighted by Gasteiger charge is 2.27. The monoisotopic (exact) mass is 453 g/mol. The number of hydrogen-bond acceptors (Lipinski definition) is 6. The summed E-state index contributed by atoms with van der Waals surface area (Å²) in [6.45, 7) is 5.86. The van der Waals surface area contributed by atoms with Crippen LogP contribution in [-0.4, -0.2) is 48.3 Å². The number of anilines is 1. The van der Waals surface area contributed by atoms with Gasteiger partial charge in [0.05, 0.1) is 30.3 Å². The van der Waals surface area contributed by atoms with Crippen LogP contribution in [0, 0.1) is 22.0 Å². The normalized spacial score (nSPS) is 14.8. The maximum absolute atomic E-state index is 12.9. The molecular weight excluding hydrogens is 422 g/mol. The van der Waals surface area contributed by atoms with Crippen molar-refractivity contribution < 1.29 is 19.2 Å². The van der Waals surface area contributed by atoms with Crippen LogP contribution in [0.2, 0.25) is 0 Å². The van der Waals surface area contributed by atoms with E-state index in [4.69, 9.17) is 4.74 Å². The van der Waals surface area contributed by atoms with Gasteiger partial charge < -0.3 is 10.1 Å². The minimum Gasteiger partial charge on any atom is -0.494 e. The second-order valence-corrected chi connectivity index (χ2v) is 8.90. The van der Waals surface area contributed by atoms with Crippen LogP contribution in [0.5, 0.6) is 5.75 Å². The quantitative estimate of drug-likeness (QED) is 0.344. The van der Waals surface area contributed by atoms with Gasteiger partial charge in [0.1, 0.15) is 5.75 Å². The maximum atomic E-state index is 12.9. The first-order valence-corrected chi connectivity index (χ1v) is 11.2. The van der Waals surface area contributed by atoms with Gasteiger partial charge >= 0.3 is 0 Å². The Balaban J connectivity index is 1.50. The molecule has 1 aliphatic heterocycles. The van der Waals surface area contributed by atoms with Gasteiger partial charge in [0, 0.05) is 17.5 Å². The Labute approximate surface area is 194 Å². The van der Waals surface area contributed by atoms with E-state index >= 15 is 0 Å². The van der Waals surface area contributed by atoms with Crippen LogP contribution in [0.4, 0.5) is 11.4 Å². The van der Waals surface area contributed by atoms with Crippen molar-refractivity contribution in [3.63, 3.8) is 0 Å². The van der Waals surface area contributed by atoms with Crippen LogP contribution in [0.1, 0.15) is 42.6 Å². The fourth-order valence-electron chi connectivity index (χ4n) is 4.16. The topological polar surface area (TPSA) is 102 Å². The van der Waals surface area contributed by atoms with Gasteiger partial charge in [0.25, 0.3) is 5.69 Å². The molecule has 0 unspecified atom stereocenters. The Morgan fingerprint density at radius 2 is 1.82 bits per heavy atom. The number of piperidine rings is 1. The van der Waals surface area contributed by atoms with Crippen molar-refractivity contribution in [2.45, 2.75) is 33.1 Å². The predicted octanol–water partition coefficient (Wildman–Crippen LogP) is 4.34. The molecule has 2 aromatic carbocycles. The lowest BCUT2D eigenvalue weighted by Gasteiger charge is -2.30. The number of carbonyl (C=O) groups is 2. The summed E-state index contributed by atoms with van der Waals surface area (Å²) in [5.74, 6) is 0.726. The lowest BCUT2D eigenvalue weighted by atomic mass is 9.88. The highest BCUT2D eigenvalue weighted by Crippen LogP contribution is 2.29. The number of nitro groups is 1. The highest BCUT2D eigenvalue weighted by atomic mass is 16.6. The smallest absolute Gasteiger partial charge is 0.273 e. The van der Waals surface area contributed by atoms with Crippen molar-refractivity contribution in [3.8, 4) is 5.75 Å². The van der Waals surface area contributed by atoms with Crippen LogP contribution in [0.15, 0.2) is 42.5 Å². The minimum absolute atomic E-state index is 0.0324. The number of methoxy groups -OCH3 is 1. The summed E-state index contributed by atoms with van der Waals surface area (Å²) in [5.41, 5.74) is 2.28. The average molecular weight is 454 g/mol. The van der Waals surface area contributed by atoms with E-state index in [0.29, 0.717) is 37.5 Å². The second-order valence-electron chi connectivity index (χ2n) is 8.90. The van der Waals surface area contributed by atoms with Gasteiger partial charge in [-0.2, -0.15) is 0 Å². The maximum Gasteiger partial charge on any atom is 0.273 e. The van der Waals surface area contributed by atoms with E-state index in [1.807, 2.05) is 29.2 Å². The number of likely N-dealkylation sites (tertiary alicyclic amines) is 1. The summed E-state index contributed by atoms with van der Waals surface area (Å²) in [7, 11) is 1.40. The van der Waals surface area contributed by atoms with Crippen LogP contribution in [0.3, 0.4) is 0 Å². The molecule has 1 aliphatic rings. The van der Waals surface area contributed by atoms with E-state index in [9.17, 15) is 19.7 Å². The summed E-state index contributed by atoms with van der Waals surface area (Å²) in [6, 6.07) is 12.0. The fourth-order valence-corrected chi connectivity index (χ4v) is 4.16. The largest absolute Gasteiger partial charge is 0.494 e. The number of nitrogens with zero attached hydrogens (tertiary/aromatic N) is 2. The Bertz CT molecular complexity index is 996. The number of nitrogens with one attached hydrogen (secondary N) is 1. The van der Waals surface area contributed by atoms with Crippen LogP contribution in [0.25, 0.3) is 0 Å². The van der Waals surface area contributed by atoms with Crippen LogP contribution < -0.4 is 10.1 Å². The number of nitro benzene ring substituents is 1. The van der Waals surface area contributed by atoms with Gasteiger partial charge in [-0.15, -0.1) is 0 Å². The molecule has 1 amide bonds. The van der Waals surface area contributed by atoms with Gasteiger partial charge in [-0.1, -0.05) is 38.1 Å². The summed E-state index contributed by atoms with van der Waals surface area (Å²) >= 11 is 0. The predicted molar refractivity (Wildman–Crippen MR) is 127 cm³/mol. The summed E-state index contributed by atoms with van der Waals surface area (Å²) in [6.07, 6.45) is 2.42. The van der Waals surface area contributed by atoms with Gasteiger partial charge in [-0.3, -0.25) is 24.6 Å². The molecule has 1 heterocycles. The third-order valence-electron chi connectivity index (χ3n) is 5.88. The molecule has 8 heteroatoms. The summed E-state index contributed by atoms with van der Waals surface area (Å²) in [4.78, 5) is 37.8. The molecule has 1 N–H and O–H groups in total. The zero-order valence-corrected chi connectivity index (χ0v) is 19.4. The summed E-state index contributed by atoms with van der Waals surface area (Å²) < 4.78 is 5.17. The zero-order chi connectivity index (χ0) is 24.0. The Hall–Kier alpha value is -3.26. The lowest BCUT2D eigenvalue weighted by molar-refractivity contribution is -0.384. The molecule has 0 aliphatic carbocycles. The first kappa shape index (κ1) is 24.4. The van der Waals surface area contributed by atoms with Crippen LogP contribution >= 0.6 is 0 Å². The Kier molecular flexibility index (Phi) is 8.16. The first-order chi connectivity index (χ1) is 15.8. The second kappa shape index (κ2) is 11.0. The molecule has 0 saturated carbocycles. The van der Waals surface area contributed by atoms with E-state index < -0.39 is 4.92 Å². The van der Waals surface area contributed by atoms with E-state index in [-0.39, 0.29) is 35.6 Å². The van der Waals surface area contributed by atoms with E-state index in [2.05, 4.69) is 19.2 Å². The number of rotatable bonds is 9. The first-order valence-electron chi connectivity index (χ1n) is 11.2. The van der Waals surface area contributed by atoms with Gasteiger partial charge in [0.15, 0.2) is 5.78 Å². The van der Waals surface area contributed by atoms with Gasteiger partial charge in [0.2, 0.25) is 5.91 Å². The third kappa shape index (κ3) is 6.61. The minimum atomic E-state index is -0.514. The lowest BCUT2D eigenvalue weighted by Crippen LogP contribution is -2.40. The standard InChI is InChI=1S/C25H31N3O5/c1-17(2)14-18-4-6-19(7-5-18)25(30)20-10-12-27(13-11-20)16-24(29)26-22-9-8-21(28(31)32)15-23(22)33-3/h4-9,15,17,20H,10-14,16H2,1-3H3,(H,26,29). The van der Waals surface area contributed by atoms with Crippen LogP contribution in [-0.2, 0) is 11.2 Å². The van der Waals surface area contributed by atoms with Crippen molar-refractivity contribution in [3.05, 3.63) is 63.7 Å². The molecule has 8 nitrogen and oxygen atoms in total. The number of non-ortho nitro benzene ring substituents is 1. The SMILES string of the molecule is COc1cc([N+](=O)[O-])ccc1NC(=O)CN1CCC(C(=O)c2ccc(CC(C)C)cc2)CC1. The molecular formula is C25H31N3O5. The molecule has 0 bridgehead atoms. The molecule has 0 aromatic heterocycles. The number of benzene rings is 2. The van der Waals surface area contributed by atoms with Crippen molar-refractivity contribution in [2.24, 2.45) is 11.8 Å². The molecule has 3 rings (SSSR count). The number of carbonyl (C=O) groups excluding carboxylic acids is 2. The molecule has 0 atom stereocenters. The molecule has 0 radical (unpaired) electrons. The highest BCUT2D eigenvalue weighted by molar-refractivity contribution is 5.98. The van der Waals surface area contributed by atoms with Crippen molar-refractivity contribution in [2.75, 3.05) is 32.1 Å². The molecule has 1 saturated heterocycles. The number of Topliss-reactive ketones (excluding diaryl/α,β-unsaturated/α-hetero) is 1. The number of ketones is 1.